The van der Waals surface area contributed by atoms with E-state index in [0.717, 1.165) is 32.1 Å². The summed E-state index contributed by atoms with van der Waals surface area (Å²) in [6.07, 6.45) is 7.21. The predicted molar refractivity (Wildman–Crippen MR) is 109 cm³/mol. The molecular weight excluding hydrogens is 401 g/mol. The molecule has 0 rings (SSSR count). The van der Waals surface area contributed by atoms with E-state index in [0.29, 0.717) is 12.8 Å². The number of phosphoric ester groups is 1. The summed E-state index contributed by atoms with van der Waals surface area (Å²) in [6, 6.07) is 0. The molecule has 0 saturated heterocycles. The molecule has 0 saturated carbocycles. The molecule has 0 aliphatic rings. The van der Waals surface area contributed by atoms with E-state index in [2.05, 4.69) is 11.4 Å². The zero-order chi connectivity index (χ0) is 22.0. The van der Waals surface area contributed by atoms with Crippen molar-refractivity contribution < 1.29 is 37.6 Å². The molecule has 0 aromatic heterocycles. The Bertz CT molecular complexity index is 489. The van der Waals surface area contributed by atoms with E-state index in [4.69, 9.17) is 19.7 Å². The fourth-order valence-electron chi connectivity index (χ4n) is 2.37. The van der Waals surface area contributed by atoms with Crippen LogP contribution in [0.15, 0.2) is 0 Å². The van der Waals surface area contributed by atoms with Crippen molar-refractivity contribution in [2.24, 2.45) is 5.73 Å². The highest BCUT2D eigenvalue weighted by Gasteiger charge is 2.25. The minimum atomic E-state index is -4.32. The van der Waals surface area contributed by atoms with Crippen LogP contribution >= 0.6 is 7.82 Å². The fourth-order valence-corrected chi connectivity index (χ4v) is 3.14. The van der Waals surface area contributed by atoms with Gasteiger partial charge in [0.05, 0.1) is 13.2 Å². The van der Waals surface area contributed by atoms with Crippen molar-refractivity contribution in [3.8, 4) is 0 Å². The molecule has 10 heteroatoms. The first-order chi connectivity index (χ1) is 13.8. The second-order valence-corrected chi connectivity index (χ2v) is 8.26. The first-order valence-electron chi connectivity index (χ1n) is 10.5. The number of ether oxygens (including phenoxy) is 2. The molecule has 0 aromatic rings. The van der Waals surface area contributed by atoms with Crippen LogP contribution in [0.3, 0.4) is 0 Å². The smallest absolute Gasteiger partial charge is 0.462 e. The summed E-state index contributed by atoms with van der Waals surface area (Å²) in [5.41, 5.74) is 5.22. The Morgan fingerprint density at radius 1 is 0.897 bits per heavy atom. The number of hydrogen-bond donors (Lipinski definition) is 2. The standard InChI is InChI=1S/C19H38NO8P/c1-3-5-7-8-9-10-12-19(22)28-17(15-25-18(21)11-6-4-2)16-27-29(23,24)26-14-13-20/h17H,3-16,20H2,1-2H3,(H,23,24). The van der Waals surface area contributed by atoms with Gasteiger partial charge in [0.1, 0.15) is 6.61 Å². The lowest BCUT2D eigenvalue weighted by Crippen LogP contribution is -2.29. The Morgan fingerprint density at radius 2 is 1.52 bits per heavy atom. The minimum absolute atomic E-state index is 0.0552. The normalized spacial score (nSPS) is 14.2. The van der Waals surface area contributed by atoms with Gasteiger partial charge < -0.3 is 20.1 Å². The Hall–Kier alpha value is -0.990. The third-order valence-corrected chi connectivity index (χ3v) is 4.98. The topological polar surface area (TPSA) is 134 Å². The molecule has 0 spiro atoms. The van der Waals surface area contributed by atoms with Crippen LogP contribution < -0.4 is 5.73 Å². The summed E-state index contributed by atoms with van der Waals surface area (Å²) in [5, 5.41) is 0. The summed E-state index contributed by atoms with van der Waals surface area (Å²) < 4.78 is 31.6. The fraction of sp³-hybridized carbons (Fsp3) is 0.895. The highest BCUT2D eigenvalue weighted by Crippen LogP contribution is 2.43. The van der Waals surface area contributed by atoms with E-state index in [-0.39, 0.29) is 32.6 Å². The van der Waals surface area contributed by atoms with E-state index in [1.807, 2.05) is 6.92 Å². The molecule has 2 atom stereocenters. The summed E-state index contributed by atoms with van der Waals surface area (Å²) in [5.74, 6) is -0.885. The average molecular weight is 439 g/mol. The number of carbonyl (C=O) groups is 2. The molecule has 172 valence electrons. The first-order valence-corrected chi connectivity index (χ1v) is 12.0. The van der Waals surface area contributed by atoms with Gasteiger partial charge in [0.15, 0.2) is 6.10 Å². The maximum atomic E-state index is 12.1. The highest BCUT2D eigenvalue weighted by atomic mass is 31.2. The Kier molecular flexibility index (Phi) is 17.2. The van der Waals surface area contributed by atoms with Crippen LogP contribution in [0.1, 0.15) is 78.1 Å². The molecule has 9 nitrogen and oxygen atoms in total. The van der Waals surface area contributed by atoms with Crippen LogP contribution in [0, 0.1) is 0 Å². The molecule has 29 heavy (non-hydrogen) atoms. The molecule has 0 aliphatic heterocycles. The van der Waals surface area contributed by atoms with E-state index in [1.165, 1.54) is 6.42 Å². The molecule has 0 radical (unpaired) electrons. The van der Waals surface area contributed by atoms with Crippen molar-refractivity contribution in [2.75, 3.05) is 26.4 Å². The molecular formula is C19H38NO8P. The molecule has 0 fully saturated rings. The molecule has 0 aromatic carbocycles. The number of carbonyl (C=O) groups excluding carboxylic acids is 2. The minimum Gasteiger partial charge on any atom is -0.462 e. The van der Waals surface area contributed by atoms with Crippen LogP contribution in [-0.2, 0) is 32.7 Å². The number of nitrogens with two attached hydrogens (primary N) is 1. The van der Waals surface area contributed by atoms with Crippen LogP contribution in [0.4, 0.5) is 0 Å². The number of unbranched alkanes of at least 4 members (excludes halogenated alkanes) is 6. The van der Waals surface area contributed by atoms with Gasteiger partial charge in [-0.1, -0.05) is 52.4 Å². The monoisotopic (exact) mass is 439 g/mol. The third-order valence-electron chi connectivity index (χ3n) is 3.99. The summed E-state index contributed by atoms with van der Waals surface area (Å²) in [7, 11) is -4.32. The molecule has 0 amide bonds. The molecule has 0 bridgehead atoms. The second kappa shape index (κ2) is 17.8. The van der Waals surface area contributed by atoms with Gasteiger partial charge in [0.25, 0.3) is 0 Å². The van der Waals surface area contributed by atoms with Gasteiger partial charge in [-0.2, -0.15) is 0 Å². The van der Waals surface area contributed by atoms with Crippen LogP contribution in [0.25, 0.3) is 0 Å². The van der Waals surface area contributed by atoms with E-state index in [1.54, 1.807) is 0 Å². The first kappa shape index (κ1) is 28.0. The Labute approximate surface area is 174 Å². The van der Waals surface area contributed by atoms with Crippen molar-refractivity contribution in [3.05, 3.63) is 0 Å². The largest absolute Gasteiger partial charge is 0.472 e. The zero-order valence-corrected chi connectivity index (χ0v) is 18.7. The second-order valence-electron chi connectivity index (χ2n) is 6.80. The van der Waals surface area contributed by atoms with E-state index >= 15 is 0 Å². The van der Waals surface area contributed by atoms with Crippen molar-refractivity contribution in [2.45, 2.75) is 84.2 Å². The van der Waals surface area contributed by atoms with Crippen molar-refractivity contribution >= 4 is 19.8 Å². The van der Waals surface area contributed by atoms with Crippen molar-refractivity contribution in [1.82, 2.24) is 0 Å². The van der Waals surface area contributed by atoms with Gasteiger partial charge >= 0.3 is 19.8 Å². The van der Waals surface area contributed by atoms with Gasteiger partial charge in [-0.05, 0) is 12.8 Å². The average Bonchev–Trinajstić information content (AvgIpc) is 2.69. The van der Waals surface area contributed by atoms with Crippen LogP contribution in [0.2, 0.25) is 0 Å². The summed E-state index contributed by atoms with van der Waals surface area (Å²) in [4.78, 5) is 33.3. The van der Waals surface area contributed by atoms with Crippen LogP contribution in [-0.4, -0.2) is 49.3 Å². The van der Waals surface area contributed by atoms with Crippen molar-refractivity contribution in [1.29, 1.82) is 0 Å². The van der Waals surface area contributed by atoms with Crippen LogP contribution in [0.5, 0.6) is 0 Å². The quantitative estimate of drug-likeness (QED) is 0.176. The maximum absolute atomic E-state index is 12.1. The summed E-state index contributed by atoms with van der Waals surface area (Å²) >= 11 is 0. The van der Waals surface area contributed by atoms with Gasteiger partial charge in [0, 0.05) is 19.4 Å². The number of hydrogen-bond acceptors (Lipinski definition) is 8. The number of esters is 2. The number of rotatable bonds is 19. The summed E-state index contributed by atoms with van der Waals surface area (Å²) in [6.45, 7) is 3.32. The SMILES string of the molecule is CCCCCCCCC(=O)OC(COC(=O)CCCC)COP(=O)(O)OCCN. The van der Waals surface area contributed by atoms with Gasteiger partial charge in [-0.25, -0.2) is 4.57 Å². The molecule has 0 aliphatic carbocycles. The lowest BCUT2D eigenvalue weighted by molar-refractivity contribution is -0.161. The molecule has 2 unspecified atom stereocenters. The maximum Gasteiger partial charge on any atom is 0.472 e. The molecule has 3 N–H and O–H groups in total. The number of phosphoric acid groups is 1. The Morgan fingerprint density at radius 3 is 2.17 bits per heavy atom. The molecule has 0 heterocycles. The van der Waals surface area contributed by atoms with Gasteiger partial charge in [0.2, 0.25) is 0 Å². The zero-order valence-electron chi connectivity index (χ0n) is 17.8. The highest BCUT2D eigenvalue weighted by molar-refractivity contribution is 7.47. The van der Waals surface area contributed by atoms with E-state index in [9.17, 15) is 19.0 Å². The Balaban J connectivity index is 4.47. The lowest BCUT2D eigenvalue weighted by atomic mass is 10.1. The predicted octanol–water partition coefficient (Wildman–Crippen LogP) is 3.47. The van der Waals surface area contributed by atoms with Crippen molar-refractivity contribution in [3.63, 3.8) is 0 Å². The van der Waals surface area contributed by atoms with Gasteiger partial charge in [-0.15, -0.1) is 0 Å². The van der Waals surface area contributed by atoms with Gasteiger partial charge in [-0.3, -0.25) is 18.6 Å². The van der Waals surface area contributed by atoms with E-state index < -0.39 is 32.5 Å². The lowest BCUT2D eigenvalue weighted by Gasteiger charge is -2.19. The third kappa shape index (κ3) is 17.6.